The van der Waals surface area contributed by atoms with Crippen molar-refractivity contribution < 1.29 is 14.6 Å². The van der Waals surface area contributed by atoms with Crippen LogP contribution < -0.4 is 0 Å². The summed E-state index contributed by atoms with van der Waals surface area (Å²) in [4.78, 5) is 16.7. The monoisotopic (exact) mass is 325 g/mol. The first-order valence-electron chi connectivity index (χ1n) is 8.26. The zero-order valence-corrected chi connectivity index (χ0v) is 14.5. The zero-order chi connectivity index (χ0) is 15.9. The Morgan fingerprint density at radius 2 is 2.18 bits per heavy atom. The lowest BCUT2D eigenvalue weighted by Gasteiger charge is -2.31. The Morgan fingerprint density at radius 3 is 2.82 bits per heavy atom. The number of ether oxygens (including phenoxy) is 1. The van der Waals surface area contributed by atoms with E-state index in [0.29, 0.717) is 13.0 Å². The topological polar surface area (TPSA) is 49.8 Å². The molecule has 0 unspecified atom stereocenters. The molecule has 1 amide bonds. The molecule has 124 valence electrons. The minimum absolute atomic E-state index is 0.171. The van der Waals surface area contributed by atoms with Crippen molar-refractivity contribution in [2.45, 2.75) is 52.1 Å². The predicted molar refractivity (Wildman–Crippen MR) is 89.6 cm³/mol. The van der Waals surface area contributed by atoms with Crippen LogP contribution in [0.5, 0.6) is 0 Å². The standard InChI is InChI=1S/C17H27NO3S/c1-3-5-14-12-16(22-13(14)2)17(20)18-8-6-15(7-9-18)21-11-4-10-19/h12,15,19H,3-11H2,1-2H3. The first-order valence-corrected chi connectivity index (χ1v) is 9.08. The van der Waals surface area contributed by atoms with Gasteiger partial charge in [0.15, 0.2) is 0 Å². The van der Waals surface area contributed by atoms with Crippen LogP contribution >= 0.6 is 11.3 Å². The van der Waals surface area contributed by atoms with Gasteiger partial charge in [-0.2, -0.15) is 0 Å². The molecule has 0 spiro atoms. The fourth-order valence-corrected chi connectivity index (χ4v) is 3.88. The summed E-state index contributed by atoms with van der Waals surface area (Å²) in [6, 6.07) is 2.08. The minimum atomic E-state index is 0.171. The number of hydrogen-bond donors (Lipinski definition) is 1. The molecule has 0 saturated carbocycles. The van der Waals surface area contributed by atoms with E-state index in [1.54, 1.807) is 11.3 Å². The number of piperidine rings is 1. The summed E-state index contributed by atoms with van der Waals surface area (Å²) in [5.41, 5.74) is 1.32. The Balaban J connectivity index is 1.85. The third kappa shape index (κ3) is 4.54. The van der Waals surface area contributed by atoms with E-state index in [1.165, 1.54) is 10.4 Å². The smallest absolute Gasteiger partial charge is 0.263 e. The number of nitrogens with zero attached hydrogens (tertiary/aromatic N) is 1. The minimum Gasteiger partial charge on any atom is -0.396 e. The number of aliphatic hydroxyl groups excluding tert-OH is 1. The molecule has 0 radical (unpaired) electrons. The summed E-state index contributed by atoms with van der Waals surface area (Å²) in [5.74, 6) is 0.171. The van der Waals surface area contributed by atoms with Crippen molar-refractivity contribution in [2.24, 2.45) is 0 Å². The van der Waals surface area contributed by atoms with Gasteiger partial charge in [-0.05, 0) is 44.2 Å². The average Bonchev–Trinajstić information content (AvgIpc) is 2.89. The van der Waals surface area contributed by atoms with E-state index >= 15 is 0 Å². The molecule has 4 nitrogen and oxygen atoms in total. The van der Waals surface area contributed by atoms with Crippen LogP contribution in [-0.4, -0.2) is 48.3 Å². The van der Waals surface area contributed by atoms with E-state index in [1.807, 2.05) is 4.90 Å². The molecule has 1 aromatic heterocycles. The van der Waals surface area contributed by atoms with Gasteiger partial charge in [-0.3, -0.25) is 4.79 Å². The molecule has 1 fully saturated rings. The molecule has 1 aliphatic heterocycles. The van der Waals surface area contributed by atoms with E-state index in [4.69, 9.17) is 9.84 Å². The molecule has 22 heavy (non-hydrogen) atoms. The molecule has 0 aliphatic carbocycles. The van der Waals surface area contributed by atoms with E-state index in [2.05, 4.69) is 19.9 Å². The van der Waals surface area contributed by atoms with Crippen LogP contribution in [0.15, 0.2) is 6.07 Å². The van der Waals surface area contributed by atoms with Crippen LogP contribution in [0.25, 0.3) is 0 Å². The Kier molecular flexibility index (Phi) is 6.86. The lowest BCUT2D eigenvalue weighted by molar-refractivity contribution is 0.00409. The van der Waals surface area contributed by atoms with E-state index < -0.39 is 0 Å². The van der Waals surface area contributed by atoms with Crippen LogP contribution in [0, 0.1) is 6.92 Å². The molecule has 0 aromatic carbocycles. The highest BCUT2D eigenvalue weighted by Crippen LogP contribution is 2.25. The SMILES string of the molecule is CCCc1cc(C(=O)N2CCC(OCCCO)CC2)sc1C. The highest BCUT2D eigenvalue weighted by molar-refractivity contribution is 7.14. The molecule has 2 rings (SSSR count). The molecule has 1 aromatic rings. The first kappa shape index (κ1) is 17.4. The molecule has 5 heteroatoms. The third-order valence-electron chi connectivity index (χ3n) is 4.14. The van der Waals surface area contributed by atoms with Gasteiger partial charge in [-0.1, -0.05) is 13.3 Å². The largest absolute Gasteiger partial charge is 0.396 e. The highest BCUT2D eigenvalue weighted by atomic mass is 32.1. The van der Waals surface area contributed by atoms with Gasteiger partial charge in [0.1, 0.15) is 0 Å². The number of carbonyl (C=O) groups excluding carboxylic acids is 1. The molecule has 0 atom stereocenters. The molecule has 2 heterocycles. The summed E-state index contributed by atoms with van der Waals surface area (Å²) >= 11 is 1.62. The van der Waals surface area contributed by atoms with E-state index in [-0.39, 0.29) is 18.6 Å². The normalized spacial score (nSPS) is 16.2. The van der Waals surface area contributed by atoms with Crippen molar-refractivity contribution in [3.8, 4) is 0 Å². The maximum atomic E-state index is 12.6. The summed E-state index contributed by atoms with van der Waals surface area (Å²) in [6.45, 7) is 6.59. The number of likely N-dealkylation sites (tertiary alicyclic amines) is 1. The van der Waals surface area contributed by atoms with Crippen molar-refractivity contribution in [1.29, 1.82) is 0 Å². The number of aryl methyl sites for hydroxylation is 2. The van der Waals surface area contributed by atoms with Crippen molar-refractivity contribution >= 4 is 17.2 Å². The van der Waals surface area contributed by atoms with Gasteiger partial charge in [-0.25, -0.2) is 0 Å². The Hall–Kier alpha value is -0.910. The van der Waals surface area contributed by atoms with Gasteiger partial charge in [-0.15, -0.1) is 11.3 Å². The van der Waals surface area contributed by atoms with Crippen molar-refractivity contribution in [2.75, 3.05) is 26.3 Å². The maximum Gasteiger partial charge on any atom is 0.263 e. The maximum absolute atomic E-state index is 12.6. The highest BCUT2D eigenvalue weighted by Gasteiger charge is 2.25. The number of thiophene rings is 1. The molecule has 1 saturated heterocycles. The van der Waals surface area contributed by atoms with Gasteiger partial charge in [0.2, 0.25) is 0 Å². The number of aliphatic hydroxyl groups is 1. The van der Waals surface area contributed by atoms with Crippen LogP contribution in [0.2, 0.25) is 0 Å². The summed E-state index contributed by atoms with van der Waals surface area (Å²) < 4.78 is 5.72. The summed E-state index contributed by atoms with van der Waals surface area (Å²) in [7, 11) is 0. The second-order valence-corrected chi connectivity index (χ2v) is 7.14. The number of amides is 1. The second kappa shape index (κ2) is 8.65. The van der Waals surface area contributed by atoms with Gasteiger partial charge < -0.3 is 14.7 Å². The lowest BCUT2D eigenvalue weighted by Crippen LogP contribution is -2.40. The molecular formula is C17H27NO3S. The number of rotatable bonds is 7. The van der Waals surface area contributed by atoms with Crippen molar-refractivity contribution in [3.05, 3.63) is 21.4 Å². The average molecular weight is 325 g/mol. The third-order valence-corrected chi connectivity index (χ3v) is 5.22. The molecule has 1 aliphatic rings. The second-order valence-electron chi connectivity index (χ2n) is 5.88. The Bertz CT molecular complexity index is 478. The fourth-order valence-electron chi connectivity index (χ4n) is 2.84. The lowest BCUT2D eigenvalue weighted by atomic mass is 10.1. The Labute approximate surface area is 137 Å². The van der Waals surface area contributed by atoms with Gasteiger partial charge >= 0.3 is 0 Å². The number of carbonyl (C=O) groups is 1. The van der Waals surface area contributed by atoms with Crippen LogP contribution in [0.4, 0.5) is 0 Å². The zero-order valence-electron chi connectivity index (χ0n) is 13.6. The van der Waals surface area contributed by atoms with Crippen molar-refractivity contribution in [3.63, 3.8) is 0 Å². The van der Waals surface area contributed by atoms with E-state index in [0.717, 1.165) is 43.6 Å². The Morgan fingerprint density at radius 1 is 1.45 bits per heavy atom. The molecule has 1 N–H and O–H groups in total. The van der Waals surface area contributed by atoms with Crippen LogP contribution in [0.1, 0.15) is 52.7 Å². The summed E-state index contributed by atoms with van der Waals surface area (Å²) in [5, 5.41) is 8.77. The van der Waals surface area contributed by atoms with Crippen LogP contribution in [0.3, 0.4) is 0 Å². The molecular weight excluding hydrogens is 298 g/mol. The predicted octanol–water partition coefficient (Wildman–Crippen LogP) is 3.01. The first-order chi connectivity index (χ1) is 10.7. The number of hydrogen-bond acceptors (Lipinski definition) is 4. The van der Waals surface area contributed by atoms with Crippen LogP contribution in [-0.2, 0) is 11.2 Å². The van der Waals surface area contributed by atoms with Crippen molar-refractivity contribution in [1.82, 2.24) is 4.90 Å². The van der Waals surface area contributed by atoms with Gasteiger partial charge in [0.05, 0.1) is 11.0 Å². The fraction of sp³-hybridized carbons (Fsp3) is 0.706. The summed E-state index contributed by atoms with van der Waals surface area (Å²) in [6.07, 6.45) is 4.87. The van der Waals surface area contributed by atoms with Gasteiger partial charge in [0.25, 0.3) is 5.91 Å². The van der Waals surface area contributed by atoms with E-state index in [9.17, 15) is 4.79 Å². The molecule has 0 bridgehead atoms. The quantitative estimate of drug-likeness (QED) is 0.784. The van der Waals surface area contributed by atoms with Gasteiger partial charge in [0, 0.05) is 31.2 Å².